The first-order valence-corrected chi connectivity index (χ1v) is 27.2. The van der Waals surface area contributed by atoms with Gasteiger partial charge in [0.2, 0.25) is 0 Å². The average molecular weight is 972 g/mol. The number of hydrogen-bond donors (Lipinski definition) is 0. The van der Waals surface area contributed by atoms with E-state index in [1.54, 1.807) is 0 Å². The lowest BCUT2D eigenvalue weighted by Gasteiger charge is -2.34. The summed E-state index contributed by atoms with van der Waals surface area (Å²) in [4.78, 5) is 2.46. The van der Waals surface area contributed by atoms with Crippen LogP contribution < -0.4 is 4.90 Å². The second kappa shape index (κ2) is 16.9. The van der Waals surface area contributed by atoms with E-state index in [2.05, 4.69) is 263 Å². The first-order chi connectivity index (χ1) is 37.7. The molecule has 0 N–H and O–H groups in total. The van der Waals surface area contributed by atoms with Crippen LogP contribution in [-0.2, 0) is 18.3 Å². The molecule has 0 aliphatic heterocycles. The molecular weight excluding hydrogens is 919 g/mol. The van der Waals surface area contributed by atoms with Crippen molar-refractivity contribution < 1.29 is 0 Å². The van der Waals surface area contributed by atoms with Gasteiger partial charge < -0.3 is 14.0 Å². The van der Waals surface area contributed by atoms with Gasteiger partial charge in [-0.2, -0.15) is 0 Å². The summed E-state index contributed by atoms with van der Waals surface area (Å²) in [7, 11) is 0. The highest BCUT2D eigenvalue weighted by Gasteiger charge is 2.53. The number of anilines is 2. The fourth-order valence-electron chi connectivity index (χ4n) is 14.2. The molecule has 1 atom stereocenters. The zero-order chi connectivity index (χ0) is 49.9. The van der Waals surface area contributed by atoms with Gasteiger partial charge in [-0.25, -0.2) is 0 Å². The van der Waals surface area contributed by atoms with E-state index in [0.717, 1.165) is 49.9 Å². The van der Waals surface area contributed by atoms with Crippen molar-refractivity contribution in [3.05, 3.63) is 287 Å². The lowest BCUT2D eigenvalue weighted by Crippen LogP contribution is -2.28. The van der Waals surface area contributed by atoms with Crippen molar-refractivity contribution >= 4 is 67.8 Å². The molecule has 16 rings (SSSR count). The maximum Gasteiger partial charge on any atom is 0.0694 e. The van der Waals surface area contributed by atoms with Crippen molar-refractivity contribution in [1.82, 2.24) is 9.13 Å². The van der Waals surface area contributed by atoms with Crippen LogP contribution in [0.4, 0.5) is 11.4 Å². The molecule has 2 heterocycles. The van der Waals surface area contributed by atoms with Crippen molar-refractivity contribution in [1.29, 1.82) is 0 Å². The Bertz CT molecular complexity index is 4400. The Kier molecular flexibility index (Phi) is 9.63. The predicted molar refractivity (Wildman–Crippen MR) is 319 cm³/mol. The van der Waals surface area contributed by atoms with E-state index in [1.807, 2.05) is 0 Å². The minimum atomic E-state index is -0.452. The number of aryl methyl sites for hydroxylation is 1. The molecule has 0 saturated carbocycles. The molecule has 1 unspecified atom stereocenters. The van der Waals surface area contributed by atoms with Crippen LogP contribution in [0, 0.1) is 0 Å². The number of benzene rings is 9. The minimum absolute atomic E-state index is 0.452. The Balaban J connectivity index is 0.937. The molecule has 1 spiro atoms. The number of hydrogen-bond acceptors (Lipinski definition) is 1. The molecular formula is C73H53N3. The number of allylic oxidation sites excluding steroid dienone is 6. The molecule has 0 amide bonds. The van der Waals surface area contributed by atoms with Gasteiger partial charge in [0.05, 0.1) is 16.4 Å². The maximum absolute atomic E-state index is 2.52. The lowest BCUT2D eigenvalue weighted by molar-refractivity contribution is 0.713. The van der Waals surface area contributed by atoms with Gasteiger partial charge in [0.1, 0.15) is 0 Å². The van der Waals surface area contributed by atoms with Crippen molar-refractivity contribution in [3.63, 3.8) is 0 Å². The van der Waals surface area contributed by atoms with Gasteiger partial charge in [-0.15, -0.1) is 0 Å². The molecule has 3 nitrogen and oxygen atoms in total. The fraction of sp³-hybridized carbons (Fsp3) is 0.0959. The normalized spacial score (nSPS) is 16.7. The fourth-order valence-corrected chi connectivity index (χ4v) is 14.2. The van der Waals surface area contributed by atoms with E-state index in [-0.39, 0.29) is 0 Å². The summed E-state index contributed by atoms with van der Waals surface area (Å²) >= 11 is 0. The van der Waals surface area contributed by atoms with E-state index >= 15 is 0 Å². The van der Waals surface area contributed by atoms with Gasteiger partial charge in [0.15, 0.2) is 0 Å². The molecule has 5 aliphatic rings. The van der Waals surface area contributed by atoms with Crippen molar-refractivity contribution in [2.24, 2.45) is 0 Å². The largest absolute Gasteiger partial charge is 0.317 e. The van der Waals surface area contributed by atoms with Crippen LogP contribution in [0.25, 0.3) is 90.0 Å². The van der Waals surface area contributed by atoms with Crippen molar-refractivity contribution in [2.45, 2.75) is 43.9 Å². The van der Waals surface area contributed by atoms with Gasteiger partial charge in [0.25, 0.3) is 0 Å². The topological polar surface area (TPSA) is 13.1 Å². The molecule has 0 bridgehead atoms. The van der Waals surface area contributed by atoms with Gasteiger partial charge >= 0.3 is 0 Å². The summed E-state index contributed by atoms with van der Waals surface area (Å²) in [5.41, 5.74) is 26.7. The molecule has 2 aromatic heterocycles. The third kappa shape index (κ3) is 6.29. The Hall–Kier alpha value is -9.18. The smallest absolute Gasteiger partial charge is 0.0694 e. The summed E-state index contributed by atoms with van der Waals surface area (Å²) in [6.07, 6.45) is 25.1. The van der Waals surface area contributed by atoms with E-state index < -0.39 is 5.41 Å². The van der Waals surface area contributed by atoms with Crippen LogP contribution >= 0.6 is 0 Å². The van der Waals surface area contributed by atoms with Gasteiger partial charge in [0, 0.05) is 56.7 Å². The highest BCUT2D eigenvalue weighted by Crippen LogP contribution is 2.65. The zero-order valence-electron chi connectivity index (χ0n) is 42.3. The van der Waals surface area contributed by atoms with E-state index in [1.165, 1.54) is 128 Å². The van der Waals surface area contributed by atoms with Crippen LogP contribution in [0.3, 0.4) is 0 Å². The second-order valence-electron chi connectivity index (χ2n) is 21.3. The SMILES string of the molecule is C1=CC2=C(CC1)C1(c3ccccc32)c2cc(-c3ccccc3)ccc2-c2cccc(C=CN(c3ccc4c5c(n(-c6ccc7ccccc7c6)c4c3)C=CCC5)c3ccc4c5c(n(-c6ccccc6)c4c3)CCC=C5)c21. The lowest BCUT2D eigenvalue weighted by atomic mass is 9.66. The van der Waals surface area contributed by atoms with Crippen molar-refractivity contribution in [3.8, 4) is 33.6 Å². The Morgan fingerprint density at radius 2 is 1.18 bits per heavy atom. The number of fused-ring (bicyclic) bond motifs is 16. The summed E-state index contributed by atoms with van der Waals surface area (Å²) in [5.74, 6) is 0. The average Bonchev–Trinajstić information content (AvgIpc) is 4.38. The highest BCUT2D eigenvalue weighted by atomic mass is 15.1. The Morgan fingerprint density at radius 1 is 0.461 bits per heavy atom. The van der Waals surface area contributed by atoms with Gasteiger partial charge in [-0.3, -0.25) is 0 Å². The minimum Gasteiger partial charge on any atom is -0.317 e. The number of rotatable bonds is 7. The van der Waals surface area contributed by atoms with Crippen molar-refractivity contribution in [2.75, 3.05) is 4.90 Å². The summed E-state index contributed by atoms with van der Waals surface area (Å²) in [6.45, 7) is 0. The van der Waals surface area contributed by atoms with Crippen LogP contribution in [0.1, 0.15) is 76.0 Å². The monoisotopic (exact) mass is 971 g/mol. The molecule has 3 heteroatoms. The second-order valence-corrected chi connectivity index (χ2v) is 21.3. The Labute approximate surface area is 443 Å². The summed E-state index contributed by atoms with van der Waals surface area (Å²) < 4.78 is 5.03. The first-order valence-electron chi connectivity index (χ1n) is 27.2. The molecule has 76 heavy (non-hydrogen) atoms. The van der Waals surface area contributed by atoms with Gasteiger partial charge in [-0.05, 0) is 183 Å². The number of aromatic nitrogens is 2. The van der Waals surface area contributed by atoms with E-state index in [9.17, 15) is 0 Å². The van der Waals surface area contributed by atoms with Crippen LogP contribution in [0.5, 0.6) is 0 Å². The number of para-hydroxylation sites is 1. The maximum atomic E-state index is 2.52. The molecule has 0 fully saturated rings. The predicted octanol–water partition coefficient (Wildman–Crippen LogP) is 18.6. The quantitative estimate of drug-likeness (QED) is 0.155. The first kappa shape index (κ1) is 43.2. The number of nitrogens with zero attached hydrogens (tertiary/aromatic N) is 3. The molecule has 5 aliphatic carbocycles. The standard InChI is InChI=1S/C73H53N3/c1-3-18-48(19-4-1)52-35-39-59-64-29-17-22-50(72(64)73(67(59)45-52)65-30-13-9-25-57(65)58-26-10-14-31-66(58)73)42-43-74(54-37-40-62-60-27-11-15-32-68(60)75(70(62)46-54)53-23-5-2-6-24-53)55-38-41-63-61-28-12-16-33-69(61)76(71(63)47-55)56-36-34-49-20-7-8-21-51(49)44-56/h1-11,13,16-27,29-30,33-47H,12,14-15,28,31-32H2. The Morgan fingerprint density at radius 3 is 2.07 bits per heavy atom. The zero-order valence-corrected chi connectivity index (χ0v) is 42.3. The summed E-state index contributed by atoms with van der Waals surface area (Å²) in [6, 6.07) is 75.5. The van der Waals surface area contributed by atoms with Crippen LogP contribution in [0.15, 0.2) is 236 Å². The summed E-state index contributed by atoms with van der Waals surface area (Å²) in [5, 5.41) is 5.09. The van der Waals surface area contributed by atoms with Gasteiger partial charge in [-0.1, -0.05) is 176 Å². The molecule has 9 aromatic carbocycles. The van der Waals surface area contributed by atoms with E-state index in [4.69, 9.17) is 0 Å². The van der Waals surface area contributed by atoms with E-state index in [0.29, 0.717) is 0 Å². The molecule has 0 saturated heterocycles. The van der Waals surface area contributed by atoms with Crippen LogP contribution in [0.2, 0.25) is 0 Å². The third-order valence-corrected chi connectivity index (χ3v) is 17.4. The highest BCUT2D eigenvalue weighted by molar-refractivity contribution is 6.01. The van der Waals surface area contributed by atoms with Crippen LogP contribution in [-0.4, -0.2) is 9.13 Å². The molecule has 11 aromatic rings. The molecule has 360 valence electrons. The third-order valence-electron chi connectivity index (χ3n) is 17.4. The molecule has 0 radical (unpaired) electrons.